The van der Waals surface area contributed by atoms with Gasteiger partial charge in [0.25, 0.3) is 0 Å². The van der Waals surface area contributed by atoms with E-state index >= 15 is 0 Å². The van der Waals surface area contributed by atoms with E-state index in [4.69, 9.17) is 18.9 Å². The topological polar surface area (TPSA) is 71.1 Å². The quantitative estimate of drug-likeness (QED) is 0.0511. The zero-order valence-electron chi connectivity index (χ0n) is 24.7. The van der Waals surface area contributed by atoms with Gasteiger partial charge in [0.15, 0.2) is 0 Å². The summed E-state index contributed by atoms with van der Waals surface area (Å²) in [7, 11) is 0. The molecule has 4 rings (SSSR count). The van der Waals surface area contributed by atoms with Crippen LogP contribution < -0.4 is 9.47 Å². The highest BCUT2D eigenvalue weighted by molar-refractivity contribution is 14.1. The molecule has 4 aromatic rings. The van der Waals surface area contributed by atoms with Crippen LogP contribution in [0.1, 0.15) is 22.3 Å². The molecule has 8 heteroatoms. The molecular weight excluding hydrogens is 806 g/mol. The molecular formula is C38H28I2O6. The van der Waals surface area contributed by atoms with Crippen molar-refractivity contribution in [1.29, 1.82) is 0 Å². The maximum Gasteiger partial charge on any atom is 0.330 e. The Morgan fingerprint density at radius 1 is 0.543 bits per heavy atom. The second kappa shape index (κ2) is 17.8. The summed E-state index contributed by atoms with van der Waals surface area (Å²) in [6.45, 7) is 7.55. The van der Waals surface area contributed by atoms with Crippen molar-refractivity contribution in [3.8, 4) is 46.3 Å². The van der Waals surface area contributed by atoms with Gasteiger partial charge in [0.05, 0.1) is 0 Å². The van der Waals surface area contributed by atoms with Crippen LogP contribution in [0.3, 0.4) is 0 Å². The predicted molar refractivity (Wildman–Crippen MR) is 195 cm³/mol. The summed E-state index contributed by atoms with van der Waals surface area (Å²) in [6.07, 6.45) is 2.24. The van der Waals surface area contributed by atoms with Crippen LogP contribution in [0.2, 0.25) is 0 Å². The zero-order chi connectivity index (χ0) is 32.7. The van der Waals surface area contributed by atoms with Crippen molar-refractivity contribution >= 4 is 57.1 Å². The second-order valence-electron chi connectivity index (χ2n) is 9.38. The molecule has 0 saturated heterocycles. The molecule has 6 nitrogen and oxygen atoms in total. The van der Waals surface area contributed by atoms with E-state index in [1.807, 2.05) is 60.7 Å². The highest BCUT2D eigenvalue weighted by atomic mass is 127. The molecule has 0 aliphatic carbocycles. The molecule has 0 fully saturated rings. The first kappa shape index (κ1) is 34.4. The lowest BCUT2D eigenvalue weighted by atomic mass is 10.0. The number of halogens is 2. The molecule has 0 N–H and O–H groups in total. The molecule has 0 atom stereocenters. The average molecular weight is 834 g/mol. The molecule has 0 bridgehead atoms. The normalized spacial score (nSPS) is 9.87. The van der Waals surface area contributed by atoms with E-state index in [-0.39, 0.29) is 26.4 Å². The van der Waals surface area contributed by atoms with Crippen LogP contribution in [0.5, 0.6) is 11.5 Å². The molecule has 0 heterocycles. The molecule has 0 aromatic heterocycles. The largest absolute Gasteiger partial charge is 0.490 e. The summed E-state index contributed by atoms with van der Waals surface area (Å²) >= 11 is 4.70. The van der Waals surface area contributed by atoms with Gasteiger partial charge >= 0.3 is 11.9 Å². The van der Waals surface area contributed by atoms with Gasteiger partial charge in [0, 0.05) is 41.5 Å². The molecule has 230 valence electrons. The van der Waals surface area contributed by atoms with E-state index < -0.39 is 11.9 Å². The maximum absolute atomic E-state index is 11.1. The number of rotatable bonds is 11. The summed E-state index contributed by atoms with van der Waals surface area (Å²) in [6, 6.07) is 27.3. The van der Waals surface area contributed by atoms with Crippen molar-refractivity contribution in [2.45, 2.75) is 0 Å². The number of carbonyl (C=O) groups is 2. The van der Waals surface area contributed by atoms with Crippen LogP contribution in [-0.2, 0) is 19.1 Å². The van der Waals surface area contributed by atoms with Crippen LogP contribution in [0.4, 0.5) is 0 Å². The molecule has 0 aliphatic heterocycles. The van der Waals surface area contributed by atoms with E-state index in [1.54, 1.807) is 0 Å². The fourth-order valence-electron chi connectivity index (χ4n) is 3.90. The highest BCUT2D eigenvalue weighted by Gasteiger charge is 2.08. The van der Waals surface area contributed by atoms with Crippen molar-refractivity contribution in [2.75, 3.05) is 26.4 Å². The van der Waals surface area contributed by atoms with Crippen LogP contribution in [-0.4, -0.2) is 38.4 Å². The molecule has 0 amide bonds. The van der Waals surface area contributed by atoms with Gasteiger partial charge in [0.1, 0.15) is 37.9 Å². The number of carbonyl (C=O) groups excluding carboxylic acids is 2. The smallest absolute Gasteiger partial charge is 0.330 e. The van der Waals surface area contributed by atoms with E-state index in [1.165, 1.54) is 0 Å². The Morgan fingerprint density at radius 3 is 1.24 bits per heavy atom. The number of hydrogen-bond acceptors (Lipinski definition) is 6. The number of benzene rings is 4. The van der Waals surface area contributed by atoms with Gasteiger partial charge < -0.3 is 18.9 Å². The first-order chi connectivity index (χ1) is 22.3. The Morgan fingerprint density at radius 2 is 0.891 bits per heavy atom. The third kappa shape index (κ3) is 10.8. The number of hydrogen-bond donors (Lipinski definition) is 0. The Hall–Kier alpha value is -4.52. The second-order valence-corrected chi connectivity index (χ2v) is 11.7. The number of esters is 2. The van der Waals surface area contributed by atoms with E-state index in [2.05, 4.69) is 106 Å². The Labute approximate surface area is 296 Å². The van der Waals surface area contributed by atoms with E-state index in [9.17, 15) is 9.59 Å². The van der Waals surface area contributed by atoms with Crippen molar-refractivity contribution in [1.82, 2.24) is 0 Å². The van der Waals surface area contributed by atoms with Gasteiger partial charge in [-0.15, -0.1) is 0 Å². The maximum atomic E-state index is 11.1. The lowest BCUT2D eigenvalue weighted by Gasteiger charge is -2.09. The van der Waals surface area contributed by atoms with Gasteiger partial charge in [-0.25, -0.2) is 9.59 Å². The summed E-state index contributed by atoms with van der Waals surface area (Å²) < 4.78 is 23.2. The first-order valence-corrected chi connectivity index (χ1v) is 16.2. The molecule has 46 heavy (non-hydrogen) atoms. The Kier molecular flexibility index (Phi) is 13.3. The van der Waals surface area contributed by atoms with Crippen molar-refractivity contribution in [3.63, 3.8) is 0 Å². The monoisotopic (exact) mass is 834 g/mol. The van der Waals surface area contributed by atoms with Crippen molar-refractivity contribution in [3.05, 3.63) is 140 Å². The van der Waals surface area contributed by atoms with Gasteiger partial charge in [-0.2, -0.15) is 0 Å². The van der Waals surface area contributed by atoms with Crippen LogP contribution in [0.25, 0.3) is 11.1 Å². The van der Waals surface area contributed by atoms with Gasteiger partial charge in [-0.05, 0) is 129 Å². The predicted octanol–water partition coefficient (Wildman–Crippen LogP) is 7.58. The van der Waals surface area contributed by atoms with Crippen LogP contribution >= 0.6 is 45.2 Å². The minimum atomic E-state index is -0.470. The number of ether oxygens (including phenoxy) is 4. The summed E-state index contributed by atoms with van der Waals surface area (Å²) in [4.78, 5) is 22.2. The van der Waals surface area contributed by atoms with E-state index in [0.29, 0.717) is 11.5 Å². The first-order valence-electron chi connectivity index (χ1n) is 14.0. The molecule has 0 radical (unpaired) electrons. The summed E-state index contributed by atoms with van der Waals surface area (Å²) in [5.74, 6) is 13.3. The lowest BCUT2D eigenvalue weighted by Crippen LogP contribution is -2.10. The fraction of sp³-hybridized carbons (Fsp3) is 0.105. The molecule has 0 spiro atoms. The Balaban J connectivity index is 1.34. The van der Waals surface area contributed by atoms with Gasteiger partial charge in [0.2, 0.25) is 0 Å². The summed E-state index contributed by atoms with van der Waals surface area (Å²) in [5.41, 5.74) is 5.83. The van der Waals surface area contributed by atoms with E-state index in [0.717, 1.165) is 52.7 Å². The minimum Gasteiger partial charge on any atom is -0.490 e. The summed E-state index contributed by atoms with van der Waals surface area (Å²) in [5, 5.41) is 0. The van der Waals surface area contributed by atoms with Gasteiger partial charge in [-0.1, -0.05) is 49.0 Å². The minimum absolute atomic E-state index is 0.159. The molecule has 0 aliphatic rings. The van der Waals surface area contributed by atoms with Crippen LogP contribution in [0, 0.1) is 30.8 Å². The molecule has 0 saturated carbocycles. The fourth-order valence-corrected chi connectivity index (χ4v) is 5.51. The highest BCUT2D eigenvalue weighted by Crippen LogP contribution is 2.30. The van der Waals surface area contributed by atoms with Gasteiger partial charge in [-0.3, -0.25) is 0 Å². The third-order valence-corrected chi connectivity index (χ3v) is 7.95. The van der Waals surface area contributed by atoms with Crippen molar-refractivity contribution < 1.29 is 28.5 Å². The lowest BCUT2D eigenvalue weighted by molar-refractivity contribution is -0.139. The van der Waals surface area contributed by atoms with Crippen LogP contribution in [0.15, 0.2) is 110 Å². The Bertz CT molecular complexity index is 1700. The SMILES string of the molecule is C=CC(=O)OCCOc1ccc(C#Cc2ccc(-c3ccc(C#Cc4ccc(OCCOC(=O)C=C)cc4)cc3I)c(I)c2)cc1. The molecule has 4 aromatic carbocycles. The average Bonchev–Trinajstić information content (AvgIpc) is 3.08. The molecule has 0 unspecified atom stereocenters. The third-order valence-electron chi connectivity index (χ3n) is 6.17. The zero-order valence-corrected chi connectivity index (χ0v) is 29.0. The standard InChI is InChI=1S/C38H28I2O6/c1-3-37(41)45-23-21-43-31-15-9-27(10-16-31)5-7-29-13-19-33(35(39)25-29)34-20-14-30(26-36(34)40)8-6-28-11-17-32(18-12-28)44-22-24-46-38(42)4-2/h3-4,9-20,25-26H,1-2,21-24H2. The van der Waals surface area contributed by atoms with Crippen molar-refractivity contribution in [2.24, 2.45) is 0 Å².